The molecule has 1 fully saturated rings. The summed E-state index contributed by atoms with van der Waals surface area (Å²) in [5.74, 6) is -0.0286. The topological polar surface area (TPSA) is 41.4 Å². The van der Waals surface area contributed by atoms with Crippen LogP contribution in [0.3, 0.4) is 0 Å². The molecule has 0 aliphatic carbocycles. The maximum atomic E-state index is 13.0. The van der Waals surface area contributed by atoms with Gasteiger partial charge in [-0.05, 0) is 59.1 Å². The maximum Gasteiger partial charge on any atom is 0.416 e. The van der Waals surface area contributed by atoms with Crippen molar-refractivity contribution in [1.82, 2.24) is 19.6 Å². The van der Waals surface area contributed by atoms with Crippen LogP contribution in [0, 0.1) is 13.8 Å². The van der Waals surface area contributed by atoms with Crippen molar-refractivity contribution in [2.75, 3.05) is 26.2 Å². The Balaban J connectivity index is 1.32. The first-order chi connectivity index (χ1) is 16.1. The van der Waals surface area contributed by atoms with Crippen molar-refractivity contribution in [3.05, 3.63) is 86.6 Å². The Bertz CT molecular complexity index is 1170. The molecule has 1 aliphatic heterocycles. The Morgan fingerprint density at radius 1 is 0.971 bits per heavy atom. The molecular formula is C25H26BrF3N4O. The van der Waals surface area contributed by atoms with E-state index in [2.05, 4.69) is 25.9 Å². The third kappa shape index (κ3) is 5.52. The molecule has 0 atom stereocenters. The van der Waals surface area contributed by atoms with Gasteiger partial charge in [0.2, 0.25) is 0 Å². The fourth-order valence-corrected chi connectivity index (χ4v) is 4.43. The average Bonchev–Trinajstić information content (AvgIpc) is 3.05. The van der Waals surface area contributed by atoms with Crippen molar-refractivity contribution in [3.8, 4) is 0 Å². The number of aromatic nitrogens is 2. The summed E-state index contributed by atoms with van der Waals surface area (Å²) in [7, 11) is 0. The summed E-state index contributed by atoms with van der Waals surface area (Å²) in [5.41, 5.74) is 3.68. The molecule has 1 aliphatic rings. The number of carbonyl (C=O) groups is 1. The minimum Gasteiger partial charge on any atom is -0.336 e. The minimum absolute atomic E-state index is 0.0286. The predicted octanol–water partition coefficient (Wildman–Crippen LogP) is 5.29. The second-order valence-corrected chi connectivity index (χ2v) is 9.40. The Kier molecular flexibility index (Phi) is 7.14. The van der Waals surface area contributed by atoms with Crippen LogP contribution in [-0.4, -0.2) is 51.7 Å². The van der Waals surface area contributed by atoms with Gasteiger partial charge in [-0.3, -0.25) is 14.4 Å². The monoisotopic (exact) mass is 534 g/mol. The van der Waals surface area contributed by atoms with Crippen LogP contribution in [0.2, 0.25) is 0 Å². The molecule has 0 N–H and O–H groups in total. The lowest BCUT2D eigenvalue weighted by atomic mass is 10.1. The van der Waals surface area contributed by atoms with Crippen molar-refractivity contribution in [1.29, 1.82) is 0 Å². The van der Waals surface area contributed by atoms with Crippen LogP contribution in [0.1, 0.15) is 38.4 Å². The lowest BCUT2D eigenvalue weighted by Gasteiger charge is -2.35. The number of hydrogen-bond donors (Lipinski definition) is 0. The van der Waals surface area contributed by atoms with E-state index < -0.39 is 11.7 Å². The van der Waals surface area contributed by atoms with Crippen LogP contribution in [0.5, 0.6) is 0 Å². The number of nitrogens with zero attached hydrogens (tertiary/aromatic N) is 4. The van der Waals surface area contributed by atoms with Gasteiger partial charge in [0.25, 0.3) is 5.91 Å². The molecule has 1 saturated heterocycles. The summed E-state index contributed by atoms with van der Waals surface area (Å²) >= 11 is 3.54. The fraction of sp³-hybridized carbons (Fsp3) is 0.360. The van der Waals surface area contributed by atoms with E-state index >= 15 is 0 Å². The highest BCUT2D eigenvalue weighted by Gasteiger charge is 2.30. The molecule has 180 valence electrons. The summed E-state index contributed by atoms with van der Waals surface area (Å²) in [6.07, 6.45) is -4.34. The first-order valence-corrected chi connectivity index (χ1v) is 11.9. The molecule has 9 heteroatoms. The van der Waals surface area contributed by atoms with Crippen LogP contribution in [-0.2, 0) is 19.3 Å². The molecule has 0 unspecified atom stereocenters. The third-order valence-electron chi connectivity index (χ3n) is 6.15. The Morgan fingerprint density at radius 2 is 1.65 bits per heavy atom. The van der Waals surface area contributed by atoms with Crippen molar-refractivity contribution >= 4 is 21.8 Å². The predicted molar refractivity (Wildman–Crippen MR) is 128 cm³/mol. The zero-order valence-electron chi connectivity index (χ0n) is 19.1. The molecule has 4 rings (SSSR count). The molecule has 1 amide bonds. The highest BCUT2D eigenvalue weighted by Crippen LogP contribution is 2.30. The smallest absolute Gasteiger partial charge is 0.336 e. The molecule has 3 aromatic rings. The molecule has 0 bridgehead atoms. The quantitative estimate of drug-likeness (QED) is 0.446. The van der Waals surface area contributed by atoms with E-state index in [1.165, 1.54) is 12.1 Å². The third-order valence-corrected chi connectivity index (χ3v) is 7.29. The number of alkyl halides is 3. The van der Waals surface area contributed by atoms with Gasteiger partial charge in [-0.2, -0.15) is 18.3 Å². The molecule has 0 radical (unpaired) electrons. The van der Waals surface area contributed by atoms with Crippen LogP contribution in [0.25, 0.3) is 0 Å². The second kappa shape index (κ2) is 9.92. The average molecular weight is 535 g/mol. The molecule has 5 nitrogen and oxygen atoms in total. The first kappa shape index (κ1) is 24.5. The number of rotatable bonds is 5. The Morgan fingerprint density at radius 3 is 2.24 bits per heavy atom. The van der Waals surface area contributed by atoms with Gasteiger partial charge in [-0.1, -0.05) is 30.3 Å². The molecular weight excluding hydrogens is 509 g/mol. The second-order valence-electron chi connectivity index (χ2n) is 8.61. The molecule has 2 heterocycles. The zero-order chi connectivity index (χ0) is 24.5. The van der Waals surface area contributed by atoms with Crippen LogP contribution >= 0.6 is 15.9 Å². The molecule has 34 heavy (non-hydrogen) atoms. The largest absolute Gasteiger partial charge is 0.416 e. The first-order valence-electron chi connectivity index (χ1n) is 11.1. The van der Waals surface area contributed by atoms with Crippen molar-refractivity contribution < 1.29 is 18.0 Å². The maximum absolute atomic E-state index is 13.0. The number of carbonyl (C=O) groups excluding carboxylic acids is 1. The number of amides is 1. The van der Waals surface area contributed by atoms with E-state index in [1.807, 2.05) is 42.8 Å². The minimum atomic E-state index is -4.34. The SMILES string of the molecule is Cc1nn(Cc2ccc(C(=O)N3CCN(Cc4cccc(C(F)(F)F)c4)CC3)cc2)c(C)c1Br. The summed E-state index contributed by atoms with van der Waals surface area (Å²) in [6, 6.07) is 13.0. The van der Waals surface area contributed by atoms with Gasteiger partial charge in [-0.15, -0.1) is 0 Å². The van der Waals surface area contributed by atoms with Crippen molar-refractivity contribution in [3.63, 3.8) is 0 Å². The summed E-state index contributed by atoms with van der Waals surface area (Å²) in [5, 5.41) is 4.52. The van der Waals surface area contributed by atoms with Gasteiger partial charge in [-0.25, -0.2) is 0 Å². The standard InChI is InChI=1S/C25H26BrF3N4O/c1-17-23(26)18(2)33(30-17)16-19-6-8-21(9-7-19)24(34)32-12-10-31(11-13-32)15-20-4-3-5-22(14-20)25(27,28)29/h3-9,14H,10-13,15-16H2,1-2H3. The van der Waals surface area contributed by atoms with Gasteiger partial charge in [0.05, 0.1) is 28.0 Å². The summed E-state index contributed by atoms with van der Waals surface area (Å²) in [6.45, 7) is 7.34. The number of piperazine rings is 1. The normalized spacial score (nSPS) is 15.1. The number of hydrogen-bond acceptors (Lipinski definition) is 3. The van der Waals surface area contributed by atoms with Crippen molar-refractivity contribution in [2.24, 2.45) is 0 Å². The van der Waals surface area contributed by atoms with Gasteiger partial charge in [0.15, 0.2) is 0 Å². The lowest BCUT2D eigenvalue weighted by Crippen LogP contribution is -2.48. The van der Waals surface area contributed by atoms with Gasteiger partial charge >= 0.3 is 6.18 Å². The highest BCUT2D eigenvalue weighted by atomic mass is 79.9. The Labute approximate surface area is 205 Å². The van der Waals surface area contributed by atoms with E-state index in [-0.39, 0.29) is 5.91 Å². The number of aryl methyl sites for hydroxylation is 1. The van der Waals surface area contributed by atoms with E-state index in [4.69, 9.17) is 0 Å². The van der Waals surface area contributed by atoms with E-state index in [1.54, 1.807) is 11.0 Å². The van der Waals surface area contributed by atoms with E-state index in [0.29, 0.717) is 50.4 Å². The summed E-state index contributed by atoms with van der Waals surface area (Å²) < 4.78 is 41.8. The Hall–Kier alpha value is -2.65. The van der Waals surface area contributed by atoms with E-state index in [0.717, 1.165) is 27.5 Å². The van der Waals surface area contributed by atoms with E-state index in [9.17, 15) is 18.0 Å². The molecule has 2 aromatic carbocycles. The van der Waals surface area contributed by atoms with Gasteiger partial charge in [0.1, 0.15) is 0 Å². The number of halogens is 4. The highest BCUT2D eigenvalue weighted by molar-refractivity contribution is 9.10. The van der Waals surface area contributed by atoms with Crippen LogP contribution < -0.4 is 0 Å². The lowest BCUT2D eigenvalue weighted by molar-refractivity contribution is -0.137. The number of benzene rings is 2. The van der Waals surface area contributed by atoms with Crippen molar-refractivity contribution in [2.45, 2.75) is 33.1 Å². The van der Waals surface area contributed by atoms with Gasteiger partial charge in [0, 0.05) is 38.3 Å². The van der Waals surface area contributed by atoms with Crippen LogP contribution in [0.15, 0.2) is 53.0 Å². The molecule has 0 spiro atoms. The molecule has 0 saturated carbocycles. The molecule has 1 aromatic heterocycles. The van der Waals surface area contributed by atoms with Crippen LogP contribution in [0.4, 0.5) is 13.2 Å². The fourth-order valence-electron chi connectivity index (χ4n) is 4.15. The zero-order valence-corrected chi connectivity index (χ0v) is 20.7. The summed E-state index contributed by atoms with van der Waals surface area (Å²) in [4.78, 5) is 16.8. The van der Waals surface area contributed by atoms with Gasteiger partial charge < -0.3 is 4.90 Å².